The first-order valence-corrected chi connectivity index (χ1v) is 8.93. The number of aromatic amines is 1. The first kappa shape index (κ1) is 15.6. The fourth-order valence-electron chi connectivity index (χ4n) is 3.52. The maximum atomic E-state index is 12.5. The van der Waals surface area contributed by atoms with Gasteiger partial charge in [-0.3, -0.25) is 4.79 Å². The molecule has 0 saturated carbocycles. The highest BCUT2D eigenvalue weighted by Gasteiger charge is 2.09. The average molecular weight is 351 g/mol. The summed E-state index contributed by atoms with van der Waals surface area (Å²) in [6.07, 6.45) is 0. The minimum atomic E-state index is -0.0301. The van der Waals surface area contributed by atoms with E-state index in [1.165, 1.54) is 5.39 Å². The number of benzene rings is 4. The van der Waals surface area contributed by atoms with E-state index < -0.39 is 0 Å². The van der Waals surface area contributed by atoms with Gasteiger partial charge in [0.15, 0.2) is 12.4 Å². The Morgan fingerprint density at radius 1 is 0.741 bits per heavy atom. The Morgan fingerprint density at radius 2 is 1.52 bits per heavy atom. The van der Waals surface area contributed by atoms with Crippen molar-refractivity contribution < 1.29 is 9.53 Å². The lowest BCUT2D eigenvalue weighted by molar-refractivity contribution is 0.0921. The number of hydrogen-bond donors (Lipinski definition) is 1. The lowest BCUT2D eigenvalue weighted by atomic mass is 10.0. The Balaban J connectivity index is 1.38. The number of Topliss-reactive ketones (excluding diaryl/α,β-unsaturated/α-hetero) is 1. The van der Waals surface area contributed by atoms with Crippen LogP contribution in [0.15, 0.2) is 84.9 Å². The fourth-order valence-corrected chi connectivity index (χ4v) is 3.52. The molecular formula is C24H17NO2. The molecule has 0 fully saturated rings. The molecular weight excluding hydrogens is 334 g/mol. The van der Waals surface area contributed by atoms with E-state index in [1.807, 2.05) is 72.8 Å². The summed E-state index contributed by atoms with van der Waals surface area (Å²) in [6.45, 7) is 0.0179. The van der Waals surface area contributed by atoms with Crippen molar-refractivity contribution in [2.45, 2.75) is 0 Å². The van der Waals surface area contributed by atoms with Crippen molar-refractivity contribution >= 4 is 38.4 Å². The lowest BCUT2D eigenvalue weighted by Crippen LogP contribution is -2.11. The highest BCUT2D eigenvalue weighted by Crippen LogP contribution is 2.28. The normalized spacial score (nSPS) is 11.3. The zero-order valence-electron chi connectivity index (χ0n) is 14.6. The molecule has 3 heteroatoms. The fraction of sp³-hybridized carbons (Fsp3) is 0.0417. The van der Waals surface area contributed by atoms with Crippen LogP contribution in [0, 0.1) is 0 Å². The van der Waals surface area contributed by atoms with Crippen molar-refractivity contribution in [3.63, 3.8) is 0 Å². The molecule has 0 aliphatic heterocycles. The van der Waals surface area contributed by atoms with E-state index in [0.29, 0.717) is 11.3 Å². The zero-order chi connectivity index (χ0) is 18.2. The first-order chi connectivity index (χ1) is 13.3. The summed E-state index contributed by atoms with van der Waals surface area (Å²) in [7, 11) is 0. The summed E-state index contributed by atoms with van der Waals surface area (Å²) in [4.78, 5) is 15.9. The Kier molecular flexibility index (Phi) is 3.65. The van der Waals surface area contributed by atoms with E-state index in [2.05, 4.69) is 17.1 Å². The maximum absolute atomic E-state index is 12.5. The van der Waals surface area contributed by atoms with Gasteiger partial charge in [-0.15, -0.1) is 0 Å². The molecule has 0 unspecified atom stereocenters. The van der Waals surface area contributed by atoms with Gasteiger partial charge in [0, 0.05) is 27.9 Å². The van der Waals surface area contributed by atoms with Gasteiger partial charge >= 0.3 is 0 Å². The third-order valence-electron chi connectivity index (χ3n) is 4.92. The first-order valence-electron chi connectivity index (χ1n) is 8.93. The zero-order valence-corrected chi connectivity index (χ0v) is 14.6. The summed E-state index contributed by atoms with van der Waals surface area (Å²) in [5.41, 5.74) is 2.77. The van der Waals surface area contributed by atoms with Crippen molar-refractivity contribution in [2.24, 2.45) is 0 Å². The predicted molar refractivity (Wildman–Crippen MR) is 110 cm³/mol. The maximum Gasteiger partial charge on any atom is 0.200 e. The molecule has 0 saturated heterocycles. The number of carbonyl (C=O) groups excluding carboxylic acids is 1. The van der Waals surface area contributed by atoms with Crippen LogP contribution in [0.1, 0.15) is 10.4 Å². The average Bonchev–Trinajstić information content (AvgIpc) is 3.09. The second-order valence-corrected chi connectivity index (χ2v) is 6.65. The SMILES string of the molecule is O=C(COc1ccc2c(c1)[nH]c1ccccc12)c1ccc2ccccc2c1. The van der Waals surface area contributed by atoms with Crippen LogP contribution in [-0.4, -0.2) is 17.4 Å². The van der Waals surface area contributed by atoms with Gasteiger partial charge in [0.2, 0.25) is 0 Å². The molecule has 0 bridgehead atoms. The molecule has 0 radical (unpaired) electrons. The minimum absolute atomic E-state index is 0.0179. The summed E-state index contributed by atoms with van der Waals surface area (Å²) < 4.78 is 5.77. The van der Waals surface area contributed by atoms with Crippen molar-refractivity contribution in [3.8, 4) is 5.75 Å². The summed E-state index contributed by atoms with van der Waals surface area (Å²) in [5.74, 6) is 0.653. The number of fused-ring (bicyclic) bond motifs is 4. The summed E-state index contributed by atoms with van der Waals surface area (Å²) in [6, 6.07) is 27.8. The van der Waals surface area contributed by atoms with E-state index >= 15 is 0 Å². The van der Waals surface area contributed by atoms with Crippen LogP contribution in [0.2, 0.25) is 0 Å². The quantitative estimate of drug-likeness (QED) is 0.420. The van der Waals surface area contributed by atoms with Crippen molar-refractivity contribution in [1.82, 2.24) is 4.98 Å². The van der Waals surface area contributed by atoms with Crippen LogP contribution < -0.4 is 4.74 Å². The standard InChI is InChI=1S/C24H17NO2/c26-24(18-10-9-16-5-1-2-6-17(16)13-18)15-27-19-11-12-21-20-7-3-4-8-22(20)25-23(21)14-19/h1-14,25H,15H2. The number of hydrogen-bond acceptors (Lipinski definition) is 2. The number of rotatable bonds is 4. The molecule has 0 spiro atoms. The van der Waals surface area contributed by atoms with Gasteiger partial charge in [-0.25, -0.2) is 0 Å². The molecule has 0 atom stereocenters. The van der Waals surface area contributed by atoms with Crippen LogP contribution in [0.4, 0.5) is 0 Å². The molecule has 0 aliphatic rings. The molecule has 5 aromatic rings. The number of carbonyl (C=O) groups is 1. The Morgan fingerprint density at radius 3 is 2.44 bits per heavy atom. The predicted octanol–water partition coefficient (Wildman–Crippen LogP) is 5.74. The number of aromatic nitrogens is 1. The second-order valence-electron chi connectivity index (χ2n) is 6.65. The molecule has 0 aliphatic carbocycles. The van der Waals surface area contributed by atoms with Crippen molar-refractivity contribution in [1.29, 1.82) is 0 Å². The highest BCUT2D eigenvalue weighted by molar-refractivity contribution is 6.07. The Bertz CT molecular complexity index is 1300. The number of H-pyrrole nitrogens is 1. The Hall–Kier alpha value is -3.59. The molecule has 4 aromatic carbocycles. The van der Waals surface area contributed by atoms with E-state index in [1.54, 1.807) is 0 Å². The second kappa shape index (κ2) is 6.29. The van der Waals surface area contributed by atoms with Crippen LogP contribution >= 0.6 is 0 Å². The van der Waals surface area contributed by atoms with Gasteiger partial charge in [0.25, 0.3) is 0 Å². The topological polar surface area (TPSA) is 42.1 Å². The molecule has 27 heavy (non-hydrogen) atoms. The van der Waals surface area contributed by atoms with Crippen LogP contribution in [-0.2, 0) is 0 Å². The molecule has 130 valence electrons. The summed E-state index contributed by atoms with van der Waals surface area (Å²) in [5, 5.41) is 4.52. The number of nitrogens with one attached hydrogen (secondary N) is 1. The number of ketones is 1. The lowest BCUT2D eigenvalue weighted by Gasteiger charge is -2.07. The van der Waals surface area contributed by atoms with Gasteiger partial charge < -0.3 is 9.72 Å². The molecule has 3 nitrogen and oxygen atoms in total. The van der Waals surface area contributed by atoms with Gasteiger partial charge in [-0.2, -0.15) is 0 Å². The Labute approximate surface area is 156 Å². The van der Waals surface area contributed by atoms with E-state index in [9.17, 15) is 4.79 Å². The van der Waals surface area contributed by atoms with Crippen LogP contribution in [0.3, 0.4) is 0 Å². The van der Waals surface area contributed by atoms with E-state index in [4.69, 9.17) is 4.74 Å². The smallest absolute Gasteiger partial charge is 0.200 e. The minimum Gasteiger partial charge on any atom is -0.485 e. The molecule has 1 N–H and O–H groups in total. The van der Waals surface area contributed by atoms with Crippen molar-refractivity contribution in [3.05, 3.63) is 90.5 Å². The van der Waals surface area contributed by atoms with Crippen molar-refractivity contribution in [2.75, 3.05) is 6.61 Å². The van der Waals surface area contributed by atoms with E-state index in [0.717, 1.165) is 27.2 Å². The van der Waals surface area contributed by atoms with Crippen LogP contribution in [0.25, 0.3) is 32.6 Å². The molecule has 1 aromatic heterocycles. The number of para-hydroxylation sites is 1. The van der Waals surface area contributed by atoms with Gasteiger partial charge in [-0.05, 0) is 35.0 Å². The van der Waals surface area contributed by atoms with Gasteiger partial charge in [0.05, 0.1) is 5.52 Å². The third kappa shape index (κ3) is 2.83. The monoisotopic (exact) mass is 351 g/mol. The van der Waals surface area contributed by atoms with Gasteiger partial charge in [0.1, 0.15) is 5.75 Å². The number of ether oxygens (including phenoxy) is 1. The third-order valence-corrected chi connectivity index (χ3v) is 4.92. The van der Waals surface area contributed by atoms with Crippen LogP contribution in [0.5, 0.6) is 5.75 Å². The largest absolute Gasteiger partial charge is 0.485 e. The summed E-state index contributed by atoms with van der Waals surface area (Å²) >= 11 is 0. The molecule has 0 amide bonds. The van der Waals surface area contributed by atoms with E-state index in [-0.39, 0.29) is 12.4 Å². The van der Waals surface area contributed by atoms with Gasteiger partial charge in [-0.1, -0.05) is 54.6 Å². The molecule has 1 heterocycles. The molecule has 5 rings (SSSR count). The highest BCUT2D eigenvalue weighted by atomic mass is 16.5.